The zero-order chi connectivity index (χ0) is 22.3. The van der Waals surface area contributed by atoms with Crippen LogP contribution in [0.4, 0.5) is 9.59 Å². The molecule has 2 aliphatic heterocycles. The fourth-order valence-electron chi connectivity index (χ4n) is 3.39. The van der Waals surface area contributed by atoms with Crippen LogP contribution < -0.4 is 5.32 Å². The van der Waals surface area contributed by atoms with Crippen molar-refractivity contribution in [2.75, 3.05) is 59.4 Å². The molecule has 2 rings (SSSR count). The van der Waals surface area contributed by atoms with Gasteiger partial charge in [-0.15, -0.1) is 0 Å². The number of hydrogen-bond donors (Lipinski definition) is 1. The van der Waals surface area contributed by atoms with Crippen LogP contribution in [0.2, 0.25) is 0 Å². The van der Waals surface area contributed by atoms with Gasteiger partial charge in [0.1, 0.15) is 12.1 Å². The Morgan fingerprint density at radius 1 is 1.03 bits per heavy atom. The van der Waals surface area contributed by atoms with Gasteiger partial charge in [0, 0.05) is 52.7 Å². The number of rotatable bonds is 8. The van der Waals surface area contributed by atoms with Gasteiger partial charge in [-0.1, -0.05) is 0 Å². The third-order valence-corrected chi connectivity index (χ3v) is 5.01. The van der Waals surface area contributed by atoms with E-state index in [0.717, 1.165) is 26.1 Å². The number of amides is 5. The van der Waals surface area contributed by atoms with Crippen LogP contribution in [0.3, 0.4) is 0 Å². The summed E-state index contributed by atoms with van der Waals surface area (Å²) in [7, 11) is 1.59. The van der Waals surface area contributed by atoms with Crippen molar-refractivity contribution in [2.24, 2.45) is 0 Å². The minimum absolute atomic E-state index is 0.0720. The summed E-state index contributed by atoms with van der Waals surface area (Å²) in [5.74, 6) is -0.285. The SMILES string of the molecule is CN1CC(=O)N(CCCC(=O)NCCCN2CCN(C(=O)OC(C)(C)C)CC2)C1=O. The molecule has 1 N–H and O–H groups in total. The summed E-state index contributed by atoms with van der Waals surface area (Å²) in [6.45, 7) is 10.3. The Balaban J connectivity index is 1.52. The molecule has 10 nitrogen and oxygen atoms in total. The van der Waals surface area contributed by atoms with E-state index in [-0.39, 0.29) is 43.4 Å². The summed E-state index contributed by atoms with van der Waals surface area (Å²) in [5, 5.41) is 2.88. The summed E-state index contributed by atoms with van der Waals surface area (Å²) >= 11 is 0. The molecule has 0 spiro atoms. The lowest BCUT2D eigenvalue weighted by Gasteiger charge is -2.35. The largest absolute Gasteiger partial charge is 0.444 e. The highest BCUT2D eigenvalue weighted by Gasteiger charge is 2.32. The quantitative estimate of drug-likeness (QED) is 0.454. The number of imide groups is 1. The minimum Gasteiger partial charge on any atom is -0.444 e. The molecule has 2 aliphatic rings. The lowest BCUT2D eigenvalue weighted by atomic mass is 10.2. The molecule has 0 aliphatic carbocycles. The van der Waals surface area contributed by atoms with E-state index in [9.17, 15) is 19.2 Å². The van der Waals surface area contributed by atoms with E-state index in [4.69, 9.17) is 4.74 Å². The maximum Gasteiger partial charge on any atom is 0.410 e. The Morgan fingerprint density at radius 3 is 2.27 bits per heavy atom. The number of urea groups is 1. The van der Waals surface area contributed by atoms with Crippen molar-refractivity contribution in [1.82, 2.24) is 24.9 Å². The molecule has 0 radical (unpaired) electrons. The van der Waals surface area contributed by atoms with Gasteiger partial charge in [0.15, 0.2) is 0 Å². The number of carbonyl (C=O) groups excluding carboxylic acids is 4. The molecule has 0 unspecified atom stereocenters. The van der Waals surface area contributed by atoms with E-state index in [2.05, 4.69) is 10.2 Å². The van der Waals surface area contributed by atoms with E-state index in [1.165, 1.54) is 9.80 Å². The molecule has 0 bridgehead atoms. The molecule has 2 saturated heterocycles. The maximum atomic E-state index is 12.1. The molecule has 5 amide bonds. The van der Waals surface area contributed by atoms with Gasteiger partial charge in [-0.05, 0) is 40.2 Å². The third-order valence-electron chi connectivity index (χ3n) is 5.01. The Bertz CT molecular complexity index is 640. The van der Waals surface area contributed by atoms with Crippen molar-refractivity contribution in [3.8, 4) is 0 Å². The second kappa shape index (κ2) is 10.6. The lowest BCUT2D eigenvalue weighted by molar-refractivity contribution is -0.126. The summed E-state index contributed by atoms with van der Waals surface area (Å²) in [4.78, 5) is 54.0. The predicted molar refractivity (Wildman–Crippen MR) is 111 cm³/mol. The van der Waals surface area contributed by atoms with Crippen molar-refractivity contribution in [3.05, 3.63) is 0 Å². The summed E-state index contributed by atoms with van der Waals surface area (Å²) in [6, 6.07) is -0.299. The highest BCUT2D eigenvalue weighted by molar-refractivity contribution is 6.01. The fraction of sp³-hybridized carbons (Fsp3) is 0.800. The van der Waals surface area contributed by atoms with Gasteiger partial charge in [-0.3, -0.25) is 19.4 Å². The summed E-state index contributed by atoms with van der Waals surface area (Å²) < 4.78 is 5.40. The minimum atomic E-state index is -0.484. The first-order chi connectivity index (χ1) is 14.1. The number of carbonyl (C=O) groups is 4. The van der Waals surface area contributed by atoms with Crippen LogP contribution in [0.25, 0.3) is 0 Å². The van der Waals surface area contributed by atoms with Gasteiger partial charge in [-0.2, -0.15) is 0 Å². The van der Waals surface area contributed by atoms with Gasteiger partial charge in [-0.25, -0.2) is 9.59 Å². The monoisotopic (exact) mass is 425 g/mol. The number of nitrogens with zero attached hydrogens (tertiary/aromatic N) is 4. The number of ether oxygens (including phenoxy) is 1. The molecule has 0 saturated carbocycles. The zero-order valence-corrected chi connectivity index (χ0v) is 18.6. The van der Waals surface area contributed by atoms with E-state index in [1.807, 2.05) is 20.8 Å². The molecule has 10 heteroatoms. The Kier molecular flexibility index (Phi) is 8.45. The van der Waals surface area contributed by atoms with Crippen LogP contribution in [-0.4, -0.2) is 109 Å². The molecule has 2 heterocycles. The lowest BCUT2D eigenvalue weighted by Crippen LogP contribution is -2.50. The van der Waals surface area contributed by atoms with Gasteiger partial charge < -0.3 is 19.9 Å². The first kappa shape index (κ1) is 23.9. The fourth-order valence-corrected chi connectivity index (χ4v) is 3.39. The molecule has 0 aromatic carbocycles. The number of nitrogens with one attached hydrogen (secondary N) is 1. The van der Waals surface area contributed by atoms with Gasteiger partial charge in [0.2, 0.25) is 11.8 Å². The highest BCUT2D eigenvalue weighted by atomic mass is 16.6. The Hall–Kier alpha value is -2.36. The first-order valence-electron chi connectivity index (χ1n) is 10.6. The second-order valence-electron chi connectivity index (χ2n) is 8.80. The van der Waals surface area contributed by atoms with E-state index in [1.54, 1.807) is 11.9 Å². The second-order valence-corrected chi connectivity index (χ2v) is 8.80. The van der Waals surface area contributed by atoms with Crippen LogP contribution in [0, 0.1) is 0 Å². The average molecular weight is 426 g/mol. The molecular weight excluding hydrogens is 390 g/mol. The third kappa shape index (κ3) is 7.47. The van der Waals surface area contributed by atoms with Crippen LogP contribution in [0.15, 0.2) is 0 Å². The summed E-state index contributed by atoms with van der Waals surface area (Å²) in [5.41, 5.74) is -0.484. The zero-order valence-electron chi connectivity index (χ0n) is 18.6. The maximum absolute atomic E-state index is 12.1. The average Bonchev–Trinajstić information content (AvgIpc) is 2.90. The number of likely N-dealkylation sites (N-methyl/N-ethyl adjacent to an activating group) is 1. The van der Waals surface area contributed by atoms with Crippen molar-refractivity contribution in [1.29, 1.82) is 0 Å². The highest BCUT2D eigenvalue weighted by Crippen LogP contribution is 2.12. The molecule has 170 valence electrons. The van der Waals surface area contributed by atoms with Crippen molar-refractivity contribution in [2.45, 2.75) is 45.6 Å². The van der Waals surface area contributed by atoms with Gasteiger partial charge in [0.05, 0.1) is 0 Å². The van der Waals surface area contributed by atoms with Crippen molar-refractivity contribution < 1.29 is 23.9 Å². The van der Waals surface area contributed by atoms with Crippen molar-refractivity contribution in [3.63, 3.8) is 0 Å². The molecule has 0 aromatic heterocycles. The van der Waals surface area contributed by atoms with Crippen LogP contribution >= 0.6 is 0 Å². The van der Waals surface area contributed by atoms with E-state index in [0.29, 0.717) is 26.1 Å². The van der Waals surface area contributed by atoms with Crippen LogP contribution in [-0.2, 0) is 14.3 Å². The van der Waals surface area contributed by atoms with Crippen molar-refractivity contribution >= 4 is 23.9 Å². The Morgan fingerprint density at radius 2 is 1.70 bits per heavy atom. The molecule has 0 aromatic rings. The summed E-state index contributed by atoms with van der Waals surface area (Å²) in [6.07, 6.45) is 1.31. The number of hydrogen-bond acceptors (Lipinski definition) is 6. The van der Waals surface area contributed by atoms with Crippen LogP contribution in [0.5, 0.6) is 0 Å². The molecular formula is C20H35N5O5. The van der Waals surface area contributed by atoms with Gasteiger partial charge in [0.25, 0.3) is 0 Å². The normalized spacial score (nSPS) is 18.2. The first-order valence-corrected chi connectivity index (χ1v) is 10.6. The smallest absolute Gasteiger partial charge is 0.410 e. The number of piperazine rings is 1. The van der Waals surface area contributed by atoms with Gasteiger partial charge >= 0.3 is 12.1 Å². The van der Waals surface area contributed by atoms with E-state index < -0.39 is 5.60 Å². The topological polar surface area (TPSA) is 103 Å². The van der Waals surface area contributed by atoms with E-state index >= 15 is 0 Å². The molecule has 0 atom stereocenters. The standard InChI is InChI=1S/C20H35N5O5/c1-20(2,3)30-19(29)24-13-11-23(12-14-24)9-6-8-21-16(26)7-5-10-25-17(27)15-22(4)18(25)28/h5-15H2,1-4H3,(H,21,26). The molecule has 30 heavy (non-hydrogen) atoms. The van der Waals surface area contributed by atoms with Crippen LogP contribution in [0.1, 0.15) is 40.0 Å². The Labute approximate surface area is 178 Å². The predicted octanol–water partition coefficient (Wildman–Crippen LogP) is 0.720. The molecule has 2 fully saturated rings.